The van der Waals surface area contributed by atoms with Crippen LogP contribution >= 0.6 is 22.9 Å². The van der Waals surface area contributed by atoms with E-state index in [1.165, 1.54) is 6.07 Å². The Morgan fingerprint density at radius 1 is 1.21 bits per heavy atom. The van der Waals surface area contributed by atoms with Crippen molar-refractivity contribution in [2.75, 3.05) is 0 Å². The number of hydrogen-bond acceptors (Lipinski definition) is 4. The van der Waals surface area contributed by atoms with Gasteiger partial charge >= 0.3 is 0 Å². The maximum atomic E-state index is 12.4. The molecule has 2 aromatic rings. The second-order valence-corrected chi connectivity index (χ2v) is 8.94. The van der Waals surface area contributed by atoms with Gasteiger partial charge < -0.3 is 5.32 Å². The van der Waals surface area contributed by atoms with E-state index in [4.69, 9.17) is 11.6 Å². The lowest BCUT2D eigenvalue weighted by atomic mass is 10.0. The van der Waals surface area contributed by atoms with Crippen LogP contribution in [0.4, 0.5) is 0 Å². The number of thiophene rings is 1. The molecule has 2 N–H and O–H groups in total. The maximum absolute atomic E-state index is 12.4. The van der Waals surface area contributed by atoms with Gasteiger partial charge in [0.05, 0.1) is 0 Å². The zero-order valence-electron chi connectivity index (χ0n) is 13.3. The van der Waals surface area contributed by atoms with Crippen LogP contribution < -0.4 is 10.0 Å². The summed E-state index contributed by atoms with van der Waals surface area (Å²) >= 11 is 6.94. The molecule has 130 valence electrons. The first-order chi connectivity index (χ1) is 11.3. The summed E-state index contributed by atoms with van der Waals surface area (Å²) in [6.45, 7) is 3.90. The highest BCUT2D eigenvalue weighted by Crippen LogP contribution is 2.17. The largest absolute Gasteiger partial charge is 0.351 e. The Labute approximate surface area is 151 Å². The molecule has 5 nitrogen and oxygen atoms in total. The zero-order chi connectivity index (χ0) is 17.7. The fraction of sp³-hybridized carbons (Fsp3) is 0.312. The summed E-state index contributed by atoms with van der Waals surface area (Å²) in [6, 6.07) is 9.42. The number of sulfonamides is 1. The summed E-state index contributed by atoms with van der Waals surface area (Å²) < 4.78 is 27.3. The molecule has 0 spiro atoms. The van der Waals surface area contributed by atoms with Gasteiger partial charge in [-0.05, 0) is 35.1 Å². The van der Waals surface area contributed by atoms with Crippen LogP contribution in [0.2, 0.25) is 5.02 Å². The topological polar surface area (TPSA) is 75.3 Å². The third-order valence-corrected chi connectivity index (χ3v) is 6.46. The molecule has 0 aliphatic heterocycles. The van der Waals surface area contributed by atoms with Crippen molar-refractivity contribution >= 4 is 38.9 Å². The van der Waals surface area contributed by atoms with Crippen molar-refractivity contribution in [3.63, 3.8) is 0 Å². The lowest BCUT2D eigenvalue weighted by Gasteiger charge is -2.21. The van der Waals surface area contributed by atoms with E-state index in [0.717, 1.165) is 16.9 Å². The molecule has 0 saturated carbocycles. The summed E-state index contributed by atoms with van der Waals surface area (Å²) in [4.78, 5) is 12.4. The highest BCUT2D eigenvalue weighted by Gasteiger charge is 2.28. The Morgan fingerprint density at radius 3 is 2.42 bits per heavy atom. The van der Waals surface area contributed by atoms with Crippen LogP contribution in [0.1, 0.15) is 19.4 Å². The minimum Gasteiger partial charge on any atom is -0.351 e. The van der Waals surface area contributed by atoms with E-state index < -0.39 is 16.1 Å². The van der Waals surface area contributed by atoms with Crippen molar-refractivity contribution in [1.82, 2.24) is 10.0 Å². The van der Waals surface area contributed by atoms with Gasteiger partial charge in [-0.1, -0.05) is 43.6 Å². The zero-order valence-corrected chi connectivity index (χ0v) is 15.7. The molecule has 0 unspecified atom stereocenters. The number of amides is 1. The number of hydrogen-bond donors (Lipinski definition) is 2. The lowest BCUT2D eigenvalue weighted by molar-refractivity contribution is -0.123. The van der Waals surface area contributed by atoms with Crippen molar-refractivity contribution in [2.24, 2.45) is 5.92 Å². The second-order valence-electron chi connectivity index (χ2n) is 5.62. The minimum atomic E-state index is -3.70. The molecule has 0 aliphatic rings. The second kappa shape index (κ2) is 8.11. The fourth-order valence-electron chi connectivity index (χ4n) is 2.04. The molecule has 1 atom stereocenters. The Kier molecular flexibility index (Phi) is 6.40. The van der Waals surface area contributed by atoms with Gasteiger partial charge in [-0.25, -0.2) is 8.42 Å². The quantitative estimate of drug-likeness (QED) is 0.768. The third kappa shape index (κ3) is 5.04. The van der Waals surface area contributed by atoms with Crippen LogP contribution in [0, 0.1) is 5.92 Å². The molecule has 2 rings (SSSR count). The van der Waals surface area contributed by atoms with E-state index in [9.17, 15) is 13.2 Å². The maximum Gasteiger partial charge on any atom is 0.250 e. The lowest BCUT2D eigenvalue weighted by Crippen LogP contribution is -2.49. The predicted octanol–water partition coefficient (Wildman–Crippen LogP) is 3.02. The van der Waals surface area contributed by atoms with Crippen molar-refractivity contribution in [3.8, 4) is 0 Å². The van der Waals surface area contributed by atoms with E-state index in [0.29, 0.717) is 11.6 Å². The van der Waals surface area contributed by atoms with Gasteiger partial charge in [0.15, 0.2) is 0 Å². The van der Waals surface area contributed by atoms with Crippen LogP contribution in [0.25, 0.3) is 0 Å². The molecule has 0 aliphatic carbocycles. The van der Waals surface area contributed by atoms with E-state index in [1.807, 2.05) is 12.1 Å². The third-order valence-electron chi connectivity index (χ3n) is 3.37. The molecular formula is C16H19ClN2O3S2. The SMILES string of the molecule is CC(C)[C@@H](NS(=O)(=O)c1cccs1)C(=O)NCc1ccc(Cl)cc1. The van der Waals surface area contributed by atoms with Crippen molar-refractivity contribution in [2.45, 2.75) is 30.6 Å². The van der Waals surface area contributed by atoms with Crippen LogP contribution in [-0.4, -0.2) is 20.4 Å². The molecule has 1 heterocycles. The molecule has 1 amide bonds. The number of rotatable bonds is 7. The van der Waals surface area contributed by atoms with Gasteiger partial charge in [-0.3, -0.25) is 4.79 Å². The van der Waals surface area contributed by atoms with Gasteiger partial charge in [0.25, 0.3) is 10.0 Å². The van der Waals surface area contributed by atoms with Crippen molar-refractivity contribution in [3.05, 3.63) is 52.4 Å². The van der Waals surface area contributed by atoms with Crippen LogP contribution in [0.5, 0.6) is 0 Å². The average Bonchev–Trinajstić information content (AvgIpc) is 3.07. The predicted molar refractivity (Wildman–Crippen MR) is 96.6 cm³/mol. The summed E-state index contributed by atoms with van der Waals surface area (Å²) in [5, 5.41) is 5.06. The summed E-state index contributed by atoms with van der Waals surface area (Å²) in [7, 11) is -3.70. The standard InChI is InChI=1S/C16H19ClN2O3S2/c1-11(2)15(19-24(21,22)14-4-3-9-23-14)16(20)18-10-12-5-7-13(17)8-6-12/h3-9,11,15,19H,10H2,1-2H3,(H,18,20)/t15-/m1/s1. The first kappa shape index (κ1) is 18.9. The highest BCUT2D eigenvalue weighted by molar-refractivity contribution is 7.91. The summed E-state index contributed by atoms with van der Waals surface area (Å²) in [6.07, 6.45) is 0. The first-order valence-corrected chi connectivity index (χ1v) is 10.1. The van der Waals surface area contributed by atoms with Crippen molar-refractivity contribution < 1.29 is 13.2 Å². The molecule has 0 radical (unpaired) electrons. The Bertz CT molecular complexity index is 772. The normalized spacial score (nSPS) is 13.0. The number of nitrogens with one attached hydrogen (secondary N) is 2. The Morgan fingerprint density at radius 2 is 1.88 bits per heavy atom. The van der Waals surface area contributed by atoms with Gasteiger partial charge in [0, 0.05) is 11.6 Å². The minimum absolute atomic E-state index is 0.190. The molecular weight excluding hydrogens is 368 g/mol. The number of carbonyl (C=O) groups excluding carboxylic acids is 1. The summed E-state index contributed by atoms with van der Waals surface area (Å²) in [5.74, 6) is -0.551. The molecule has 1 aromatic carbocycles. The molecule has 0 fully saturated rings. The smallest absolute Gasteiger partial charge is 0.250 e. The first-order valence-electron chi connectivity index (χ1n) is 7.37. The van der Waals surface area contributed by atoms with Gasteiger partial charge in [0.2, 0.25) is 5.91 Å². The fourth-order valence-corrected chi connectivity index (χ4v) is 4.51. The van der Waals surface area contributed by atoms with E-state index in [-0.39, 0.29) is 16.0 Å². The summed E-state index contributed by atoms with van der Waals surface area (Å²) in [5.41, 5.74) is 0.886. The monoisotopic (exact) mass is 386 g/mol. The van der Waals surface area contributed by atoms with E-state index in [2.05, 4.69) is 10.0 Å². The van der Waals surface area contributed by atoms with Gasteiger partial charge in [0.1, 0.15) is 10.3 Å². The number of carbonyl (C=O) groups is 1. The van der Waals surface area contributed by atoms with Crippen molar-refractivity contribution in [1.29, 1.82) is 0 Å². The molecule has 24 heavy (non-hydrogen) atoms. The molecule has 0 saturated heterocycles. The average molecular weight is 387 g/mol. The molecule has 0 bridgehead atoms. The highest BCUT2D eigenvalue weighted by atomic mass is 35.5. The molecule has 1 aromatic heterocycles. The number of benzene rings is 1. The molecule has 8 heteroatoms. The Hall–Kier alpha value is -1.41. The number of halogens is 1. The Balaban J connectivity index is 2.04. The van der Waals surface area contributed by atoms with Crippen LogP contribution in [0.15, 0.2) is 46.0 Å². The van der Waals surface area contributed by atoms with E-state index in [1.54, 1.807) is 37.4 Å². The van der Waals surface area contributed by atoms with Gasteiger partial charge in [-0.2, -0.15) is 4.72 Å². The van der Waals surface area contributed by atoms with E-state index >= 15 is 0 Å². The van der Waals surface area contributed by atoms with Gasteiger partial charge in [-0.15, -0.1) is 11.3 Å². The van der Waals surface area contributed by atoms with Crippen LogP contribution in [0.3, 0.4) is 0 Å². The van der Waals surface area contributed by atoms with Crippen LogP contribution in [-0.2, 0) is 21.4 Å².